The summed E-state index contributed by atoms with van der Waals surface area (Å²) in [7, 11) is 0. The van der Waals surface area contributed by atoms with Gasteiger partial charge in [-0.25, -0.2) is 0 Å². The van der Waals surface area contributed by atoms with Gasteiger partial charge in [0.15, 0.2) is 0 Å². The molecule has 168 valence electrons. The number of carbonyl (C=O) groups is 1. The third kappa shape index (κ3) is 4.84. The lowest BCUT2D eigenvalue weighted by atomic mass is 10.1. The van der Waals surface area contributed by atoms with Crippen LogP contribution in [0.5, 0.6) is 5.75 Å². The molecule has 0 saturated heterocycles. The average Bonchev–Trinajstić information content (AvgIpc) is 3.14. The molecular formula is C25H15F3N4O2. The van der Waals surface area contributed by atoms with Crippen LogP contribution in [-0.4, -0.2) is 12.3 Å². The Morgan fingerprint density at radius 3 is 2.12 bits per heavy atom. The number of alkyl halides is 3. The molecule has 1 amide bonds. The number of ether oxygens (including phenoxy) is 1. The van der Waals surface area contributed by atoms with Gasteiger partial charge in [0.2, 0.25) is 0 Å². The Bertz CT molecular complexity index is 1330. The van der Waals surface area contributed by atoms with Crippen molar-refractivity contribution in [2.75, 3.05) is 10.2 Å². The highest BCUT2D eigenvalue weighted by molar-refractivity contribution is 6.11. The molecule has 1 aliphatic rings. The minimum absolute atomic E-state index is 0.209. The Kier molecular flexibility index (Phi) is 5.94. The highest BCUT2D eigenvalue weighted by atomic mass is 19.4. The van der Waals surface area contributed by atoms with Crippen LogP contribution in [0.4, 0.5) is 24.5 Å². The number of nitriles is 2. The van der Waals surface area contributed by atoms with Gasteiger partial charge in [-0.3, -0.25) is 9.69 Å². The Morgan fingerprint density at radius 2 is 1.53 bits per heavy atom. The number of halogens is 3. The number of hydrogen-bond donors (Lipinski definition) is 1. The molecule has 4 rings (SSSR count). The van der Waals surface area contributed by atoms with Gasteiger partial charge in [0.25, 0.3) is 5.91 Å². The smallest absolute Gasteiger partial charge is 0.406 e. The number of benzene rings is 3. The minimum Gasteiger partial charge on any atom is -0.406 e. The highest BCUT2D eigenvalue weighted by Gasteiger charge is 2.36. The third-order valence-electron chi connectivity index (χ3n) is 5.05. The van der Waals surface area contributed by atoms with Crippen molar-refractivity contribution in [1.82, 2.24) is 0 Å². The van der Waals surface area contributed by atoms with E-state index in [1.54, 1.807) is 60.7 Å². The molecule has 0 spiro atoms. The van der Waals surface area contributed by atoms with Crippen molar-refractivity contribution in [3.63, 3.8) is 0 Å². The van der Waals surface area contributed by atoms with E-state index in [9.17, 15) is 18.0 Å². The lowest BCUT2D eigenvalue weighted by Gasteiger charge is -2.25. The number of nitrogens with one attached hydrogen (secondary N) is 1. The van der Waals surface area contributed by atoms with Crippen LogP contribution in [0.3, 0.4) is 0 Å². The molecule has 1 aliphatic heterocycles. The SMILES string of the molecule is N#Cc1ccc(NC2=CC(c3cccc(OC(F)(F)F)c3)N(c3ccc(C#N)cc3)C2=O)cc1. The number of hydrogen-bond acceptors (Lipinski definition) is 5. The van der Waals surface area contributed by atoms with E-state index in [1.165, 1.54) is 23.1 Å². The molecule has 0 fully saturated rings. The monoisotopic (exact) mass is 460 g/mol. The quantitative estimate of drug-likeness (QED) is 0.550. The Labute approximate surface area is 192 Å². The predicted octanol–water partition coefficient (Wildman–Crippen LogP) is 5.41. The van der Waals surface area contributed by atoms with Crippen molar-refractivity contribution in [1.29, 1.82) is 10.5 Å². The fourth-order valence-electron chi connectivity index (χ4n) is 3.55. The van der Waals surface area contributed by atoms with Crippen LogP contribution < -0.4 is 15.0 Å². The lowest BCUT2D eigenvalue weighted by molar-refractivity contribution is -0.274. The molecule has 3 aromatic rings. The predicted molar refractivity (Wildman–Crippen MR) is 117 cm³/mol. The zero-order valence-corrected chi connectivity index (χ0v) is 17.4. The van der Waals surface area contributed by atoms with Crippen LogP contribution >= 0.6 is 0 Å². The van der Waals surface area contributed by atoms with Gasteiger partial charge in [0.1, 0.15) is 11.4 Å². The summed E-state index contributed by atoms with van der Waals surface area (Å²) in [6.07, 6.45) is -3.25. The van der Waals surface area contributed by atoms with Crippen LogP contribution in [0, 0.1) is 22.7 Å². The van der Waals surface area contributed by atoms with Crippen molar-refractivity contribution in [2.24, 2.45) is 0 Å². The molecule has 0 saturated carbocycles. The summed E-state index contributed by atoms with van der Waals surface area (Å²) in [5.74, 6) is -0.819. The summed E-state index contributed by atoms with van der Waals surface area (Å²) in [5, 5.41) is 21.0. The van der Waals surface area contributed by atoms with Gasteiger partial charge in [-0.15, -0.1) is 13.2 Å². The van der Waals surface area contributed by atoms with Crippen molar-refractivity contribution in [2.45, 2.75) is 12.4 Å². The largest absolute Gasteiger partial charge is 0.573 e. The van der Waals surface area contributed by atoms with Crippen LogP contribution in [0.15, 0.2) is 84.6 Å². The van der Waals surface area contributed by atoms with E-state index in [-0.39, 0.29) is 5.70 Å². The zero-order valence-electron chi connectivity index (χ0n) is 17.4. The first-order chi connectivity index (χ1) is 16.3. The van der Waals surface area contributed by atoms with Gasteiger partial charge < -0.3 is 10.1 Å². The Morgan fingerprint density at radius 1 is 0.912 bits per heavy atom. The van der Waals surface area contributed by atoms with Gasteiger partial charge in [-0.05, 0) is 72.3 Å². The van der Waals surface area contributed by atoms with Gasteiger partial charge in [-0.2, -0.15) is 10.5 Å². The molecule has 1 N–H and O–H groups in total. The summed E-state index contributed by atoms with van der Waals surface area (Å²) in [6.45, 7) is 0. The summed E-state index contributed by atoms with van der Waals surface area (Å²) < 4.78 is 42.2. The highest BCUT2D eigenvalue weighted by Crippen LogP contribution is 2.37. The fourth-order valence-corrected chi connectivity index (χ4v) is 3.55. The number of nitrogens with zero attached hydrogens (tertiary/aromatic N) is 3. The molecule has 6 nitrogen and oxygen atoms in total. The molecule has 9 heteroatoms. The first-order valence-electron chi connectivity index (χ1n) is 9.96. The van der Waals surface area contributed by atoms with Crippen LogP contribution in [0.1, 0.15) is 22.7 Å². The third-order valence-corrected chi connectivity index (χ3v) is 5.05. The van der Waals surface area contributed by atoms with Crippen molar-refractivity contribution >= 4 is 17.3 Å². The molecule has 1 atom stereocenters. The van der Waals surface area contributed by atoms with E-state index in [0.29, 0.717) is 28.1 Å². The Balaban J connectivity index is 1.72. The zero-order chi connectivity index (χ0) is 24.3. The molecule has 0 radical (unpaired) electrons. The summed E-state index contributed by atoms with van der Waals surface area (Å²) >= 11 is 0. The first kappa shape index (κ1) is 22.4. The van der Waals surface area contributed by atoms with Gasteiger partial charge in [0.05, 0.1) is 29.3 Å². The molecule has 0 aliphatic carbocycles. The van der Waals surface area contributed by atoms with Gasteiger partial charge >= 0.3 is 6.36 Å². The summed E-state index contributed by atoms with van der Waals surface area (Å²) in [4.78, 5) is 14.8. The van der Waals surface area contributed by atoms with Crippen molar-refractivity contribution in [3.05, 3.63) is 101 Å². The molecule has 34 heavy (non-hydrogen) atoms. The number of rotatable bonds is 5. The number of amides is 1. The number of carbonyl (C=O) groups excluding carboxylic acids is 1. The van der Waals surface area contributed by atoms with E-state index in [4.69, 9.17) is 10.5 Å². The number of anilines is 2. The molecular weight excluding hydrogens is 445 g/mol. The summed E-state index contributed by atoms with van der Waals surface area (Å²) in [5.41, 5.74) is 2.49. The summed E-state index contributed by atoms with van der Waals surface area (Å²) in [6, 6.07) is 21.5. The topological polar surface area (TPSA) is 89.2 Å². The van der Waals surface area contributed by atoms with E-state index in [2.05, 4.69) is 10.1 Å². The molecule has 0 bridgehead atoms. The average molecular weight is 460 g/mol. The maximum atomic E-state index is 13.4. The second kappa shape index (κ2) is 9.00. The standard InChI is InChI=1S/C25H15F3N4O2/c26-25(27,28)34-21-3-1-2-18(12-21)23-13-22(31-19-8-4-16(14-29)5-9-19)24(33)32(23)20-10-6-17(15-30)7-11-20/h1-13,23,31H. The second-order valence-electron chi connectivity index (χ2n) is 7.29. The fraction of sp³-hybridized carbons (Fsp3) is 0.0800. The van der Waals surface area contributed by atoms with E-state index < -0.39 is 24.1 Å². The van der Waals surface area contributed by atoms with Gasteiger partial charge in [-0.1, -0.05) is 12.1 Å². The second-order valence-corrected chi connectivity index (χ2v) is 7.29. The first-order valence-corrected chi connectivity index (χ1v) is 9.96. The molecule has 1 unspecified atom stereocenters. The van der Waals surface area contributed by atoms with Crippen molar-refractivity contribution in [3.8, 4) is 17.9 Å². The molecule has 0 aromatic heterocycles. The van der Waals surface area contributed by atoms with Crippen LogP contribution in [0.2, 0.25) is 0 Å². The minimum atomic E-state index is -4.85. The molecule has 1 heterocycles. The van der Waals surface area contributed by atoms with Gasteiger partial charge in [0, 0.05) is 11.4 Å². The maximum Gasteiger partial charge on any atom is 0.573 e. The van der Waals surface area contributed by atoms with Crippen molar-refractivity contribution < 1.29 is 22.7 Å². The van der Waals surface area contributed by atoms with E-state index in [0.717, 1.165) is 0 Å². The van der Waals surface area contributed by atoms with Crippen LogP contribution in [-0.2, 0) is 4.79 Å². The molecule has 3 aromatic carbocycles. The Hall–Kier alpha value is -4.76. The normalized spacial score (nSPS) is 15.3. The maximum absolute atomic E-state index is 13.4. The van der Waals surface area contributed by atoms with Crippen LogP contribution in [0.25, 0.3) is 0 Å². The van der Waals surface area contributed by atoms with E-state index in [1.807, 2.05) is 12.1 Å². The van der Waals surface area contributed by atoms with E-state index >= 15 is 0 Å². The lowest BCUT2D eigenvalue weighted by Crippen LogP contribution is -2.30.